The van der Waals surface area contributed by atoms with E-state index in [2.05, 4.69) is 10.3 Å². The van der Waals surface area contributed by atoms with Crippen LogP contribution in [0.4, 0.5) is 0 Å². The van der Waals surface area contributed by atoms with E-state index in [9.17, 15) is 9.59 Å². The Hall–Kier alpha value is -1.58. The molecule has 0 aliphatic heterocycles. The van der Waals surface area contributed by atoms with Gasteiger partial charge in [-0.05, 0) is 11.5 Å². The minimum atomic E-state index is -0.265. The van der Waals surface area contributed by atoms with Crippen LogP contribution in [0.2, 0.25) is 0 Å². The molecule has 1 aromatic rings. The van der Waals surface area contributed by atoms with E-state index in [0.29, 0.717) is 12.2 Å². The maximum Gasteiger partial charge on any atom is 0.267 e. The number of carbonyl (C=O) groups is 1. The number of hydrogen-bond donors (Lipinski definition) is 2. The van der Waals surface area contributed by atoms with Crippen LogP contribution in [-0.4, -0.2) is 17.4 Å². The fraction of sp³-hybridized carbons (Fsp3) is 0.455. The second-order valence-corrected chi connectivity index (χ2v) is 4.67. The summed E-state index contributed by atoms with van der Waals surface area (Å²) in [5.74, 6) is -0.248. The molecule has 0 aromatic carbocycles. The average molecular weight is 208 g/mol. The second-order valence-electron chi connectivity index (χ2n) is 4.67. The van der Waals surface area contributed by atoms with Gasteiger partial charge in [-0.3, -0.25) is 9.59 Å². The Labute approximate surface area is 88.7 Å². The highest BCUT2D eigenvalue weighted by molar-refractivity contribution is 5.92. The lowest BCUT2D eigenvalue weighted by Crippen LogP contribution is -2.33. The van der Waals surface area contributed by atoms with Gasteiger partial charge < -0.3 is 10.3 Å². The van der Waals surface area contributed by atoms with Crippen molar-refractivity contribution >= 4 is 5.91 Å². The molecule has 0 aliphatic rings. The summed E-state index contributed by atoms with van der Waals surface area (Å²) < 4.78 is 0. The fourth-order valence-electron chi connectivity index (χ4n) is 1.02. The highest BCUT2D eigenvalue weighted by Gasteiger charge is 2.13. The average Bonchev–Trinajstić information content (AvgIpc) is 2.13. The van der Waals surface area contributed by atoms with E-state index in [-0.39, 0.29) is 16.9 Å². The molecule has 4 heteroatoms. The Morgan fingerprint density at radius 1 is 1.40 bits per heavy atom. The van der Waals surface area contributed by atoms with Crippen LogP contribution in [0.3, 0.4) is 0 Å². The molecular weight excluding hydrogens is 192 g/mol. The Kier molecular flexibility index (Phi) is 3.29. The molecule has 1 heterocycles. The van der Waals surface area contributed by atoms with E-state index in [1.807, 2.05) is 20.8 Å². The van der Waals surface area contributed by atoms with Crippen molar-refractivity contribution in [2.45, 2.75) is 20.8 Å². The monoisotopic (exact) mass is 208 g/mol. The van der Waals surface area contributed by atoms with Crippen molar-refractivity contribution in [2.24, 2.45) is 5.41 Å². The Bertz CT molecular complexity index is 402. The van der Waals surface area contributed by atoms with Crippen molar-refractivity contribution in [3.05, 3.63) is 34.2 Å². The van der Waals surface area contributed by atoms with Gasteiger partial charge >= 0.3 is 0 Å². The molecule has 0 bridgehead atoms. The summed E-state index contributed by atoms with van der Waals surface area (Å²) in [6.07, 6.45) is 0. The molecule has 4 nitrogen and oxygen atoms in total. The topological polar surface area (TPSA) is 62.0 Å². The summed E-state index contributed by atoms with van der Waals surface area (Å²) in [5, 5.41) is 2.76. The summed E-state index contributed by atoms with van der Waals surface area (Å²) in [6, 6.07) is 4.52. The number of nitrogens with one attached hydrogen (secondary N) is 2. The van der Waals surface area contributed by atoms with Crippen LogP contribution in [0.5, 0.6) is 0 Å². The van der Waals surface area contributed by atoms with E-state index in [1.165, 1.54) is 6.07 Å². The van der Waals surface area contributed by atoms with E-state index < -0.39 is 0 Å². The van der Waals surface area contributed by atoms with Gasteiger partial charge in [0.05, 0.1) is 0 Å². The van der Waals surface area contributed by atoms with E-state index in [0.717, 1.165) is 0 Å². The molecule has 0 spiro atoms. The molecule has 0 atom stereocenters. The van der Waals surface area contributed by atoms with Gasteiger partial charge in [0.1, 0.15) is 5.69 Å². The van der Waals surface area contributed by atoms with Crippen LogP contribution < -0.4 is 10.9 Å². The summed E-state index contributed by atoms with van der Waals surface area (Å²) >= 11 is 0. The third-order valence-corrected chi connectivity index (χ3v) is 1.79. The lowest BCUT2D eigenvalue weighted by molar-refractivity contribution is 0.0934. The van der Waals surface area contributed by atoms with Crippen LogP contribution >= 0.6 is 0 Å². The standard InChI is InChI=1S/C11H16N2O2/c1-11(2,3)7-12-10(15)8-5-4-6-9(14)13-8/h4-6H,7H2,1-3H3,(H,12,15)(H,13,14). The molecule has 1 aromatic heterocycles. The summed E-state index contributed by atoms with van der Waals surface area (Å²) in [6.45, 7) is 6.66. The quantitative estimate of drug-likeness (QED) is 0.765. The van der Waals surface area contributed by atoms with Crippen LogP contribution in [0, 0.1) is 5.41 Å². The number of hydrogen-bond acceptors (Lipinski definition) is 2. The predicted molar refractivity (Wildman–Crippen MR) is 58.9 cm³/mol. The highest BCUT2D eigenvalue weighted by atomic mass is 16.2. The number of aromatic amines is 1. The summed E-state index contributed by atoms with van der Waals surface area (Å²) in [7, 11) is 0. The fourth-order valence-corrected chi connectivity index (χ4v) is 1.02. The maximum absolute atomic E-state index is 11.6. The molecule has 2 N–H and O–H groups in total. The van der Waals surface area contributed by atoms with Crippen molar-refractivity contribution < 1.29 is 4.79 Å². The molecule has 1 rings (SSSR count). The van der Waals surface area contributed by atoms with E-state index >= 15 is 0 Å². The third kappa shape index (κ3) is 3.97. The molecule has 0 unspecified atom stereocenters. The van der Waals surface area contributed by atoms with Gasteiger partial charge in [-0.1, -0.05) is 26.8 Å². The lowest BCUT2D eigenvalue weighted by Gasteiger charge is -2.18. The molecule has 0 saturated heterocycles. The third-order valence-electron chi connectivity index (χ3n) is 1.79. The Morgan fingerprint density at radius 2 is 2.07 bits per heavy atom. The number of pyridine rings is 1. The molecule has 0 saturated carbocycles. The predicted octanol–water partition coefficient (Wildman–Crippen LogP) is 1.15. The van der Waals surface area contributed by atoms with Crippen molar-refractivity contribution in [1.29, 1.82) is 0 Å². The number of amides is 1. The summed E-state index contributed by atoms with van der Waals surface area (Å²) in [4.78, 5) is 25.0. The summed E-state index contributed by atoms with van der Waals surface area (Å²) in [5.41, 5.74) is 0.0650. The van der Waals surface area contributed by atoms with Crippen LogP contribution in [0.1, 0.15) is 31.3 Å². The smallest absolute Gasteiger partial charge is 0.267 e. The Morgan fingerprint density at radius 3 is 2.60 bits per heavy atom. The molecule has 15 heavy (non-hydrogen) atoms. The first-order valence-corrected chi connectivity index (χ1v) is 4.86. The molecule has 0 fully saturated rings. The van der Waals surface area contributed by atoms with Crippen LogP contribution in [0.25, 0.3) is 0 Å². The zero-order valence-corrected chi connectivity index (χ0v) is 9.26. The van der Waals surface area contributed by atoms with Crippen molar-refractivity contribution in [3.63, 3.8) is 0 Å². The first kappa shape index (κ1) is 11.5. The second kappa shape index (κ2) is 4.29. The SMILES string of the molecule is CC(C)(C)CNC(=O)c1cccc(=O)[nH]1. The van der Waals surface area contributed by atoms with Crippen molar-refractivity contribution in [2.75, 3.05) is 6.54 Å². The molecule has 82 valence electrons. The van der Waals surface area contributed by atoms with Gasteiger partial charge in [0.25, 0.3) is 5.91 Å². The van der Waals surface area contributed by atoms with Gasteiger partial charge in [0.15, 0.2) is 0 Å². The number of aromatic nitrogens is 1. The van der Waals surface area contributed by atoms with Gasteiger partial charge in [0, 0.05) is 12.6 Å². The van der Waals surface area contributed by atoms with Crippen molar-refractivity contribution in [3.8, 4) is 0 Å². The number of carbonyl (C=O) groups excluding carboxylic acids is 1. The first-order valence-electron chi connectivity index (χ1n) is 4.86. The van der Waals surface area contributed by atoms with Gasteiger partial charge in [0.2, 0.25) is 5.56 Å². The molecule has 1 amide bonds. The van der Waals surface area contributed by atoms with Gasteiger partial charge in [-0.25, -0.2) is 0 Å². The molecule has 0 aliphatic carbocycles. The minimum Gasteiger partial charge on any atom is -0.350 e. The van der Waals surface area contributed by atoms with Crippen LogP contribution in [0.15, 0.2) is 23.0 Å². The zero-order chi connectivity index (χ0) is 11.5. The highest BCUT2D eigenvalue weighted by Crippen LogP contribution is 2.10. The lowest BCUT2D eigenvalue weighted by atomic mass is 9.97. The maximum atomic E-state index is 11.6. The van der Waals surface area contributed by atoms with Crippen LogP contribution in [-0.2, 0) is 0 Å². The molecule has 0 radical (unpaired) electrons. The number of rotatable bonds is 2. The van der Waals surface area contributed by atoms with E-state index in [1.54, 1.807) is 12.1 Å². The largest absolute Gasteiger partial charge is 0.350 e. The number of H-pyrrole nitrogens is 1. The first-order chi connectivity index (χ1) is 6.88. The Balaban J connectivity index is 2.66. The van der Waals surface area contributed by atoms with Gasteiger partial charge in [-0.15, -0.1) is 0 Å². The van der Waals surface area contributed by atoms with Crippen molar-refractivity contribution in [1.82, 2.24) is 10.3 Å². The molecular formula is C11H16N2O2. The normalized spacial score (nSPS) is 11.1. The minimum absolute atomic E-state index is 0.0325. The van der Waals surface area contributed by atoms with E-state index in [4.69, 9.17) is 0 Å². The van der Waals surface area contributed by atoms with Gasteiger partial charge in [-0.2, -0.15) is 0 Å². The zero-order valence-electron chi connectivity index (χ0n) is 9.26.